The van der Waals surface area contributed by atoms with Gasteiger partial charge in [-0.2, -0.15) is 17.9 Å². The zero-order chi connectivity index (χ0) is 16.1. The second-order valence-corrected chi connectivity index (χ2v) is 4.68. The van der Waals surface area contributed by atoms with Crippen LogP contribution in [-0.4, -0.2) is 16.2 Å². The zero-order valence-electron chi connectivity index (χ0n) is 10.8. The number of carbonyl (C=O) groups excluding carboxylic acids is 1. The lowest BCUT2D eigenvalue weighted by Crippen LogP contribution is -2.17. The van der Waals surface area contributed by atoms with Gasteiger partial charge in [-0.3, -0.25) is 4.79 Å². The summed E-state index contributed by atoms with van der Waals surface area (Å²) in [6.07, 6.45) is -4.52. The first kappa shape index (κ1) is 14.2. The molecule has 0 bridgehead atoms. The summed E-state index contributed by atoms with van der Waals surface area (Å²) in [5.74, 6) is -1.69. The number of halogens is 4. The van der Waals surface area contributed by atoms with E-state index in [2.05, 4.69) is 0 Å². The average molecular weight is 309 g/mol. The SMILES string of the molecule is O=C1C(c2ccc(C(F)(F)F)cc2)=[N+]([O-])c2cccc(F)c21. The second kappa shape index (κ2) is 4.66. The van der Waals surface area contributed by atoms with Crippen molar-refractivity contribution in [2.24, 2.45) is 0 Å². The van der Waals surface area contributed by atoms with E-state index in [0.717, 1.165) is 30.3 Å². The van der Waals surface area contributed by atoms with Crippen molar-refractivity contribution in [1.82, 2.24) is 0 Å². The van der Waals surface area contributed by atoms with Gasteiger partial charge in [0.25, 0.3) is 11.5 Å². The molecule has 0 unspecified atom stereocenters. The molecule has 2 aromatic carbocycles. The van der Waals surface area contributed by atoms with Crippen LogP contribution in [0.4, 0.5) is 23.2 Å². The summed E-state index contributed by atoms with van der Waals surface area (Å²) in [7, 11) is 0. The minimum atomic E-state index is -4.52. The van der Waals surface area contributed by atoms with E-state index in [0.29, 0.717) is 0 Å². The molecule has 0 aliphatic carbocycles. The summed E-state index contributed by atoms with van der Waals surface area (Å²) in [5, 5.41) is 12.1. The molecule has 3 nitrogen and oxygen atoms in total. The number of nitrogens with zero attached hydrogens (tertiary/aromatic N) is 1. The van der Waals surface area contributed by atoms with E-state index in [1.807, 2.05) is 0 Å². The average Bonchev–Trinajstić information content (AvgIpc) is 2.71. The second-order valence-electron chi connectivity index (χ2n) is 4.68. The number of Topliss-reactive ketones (excluding diaryl/α,β-unsaturated/α-hetero) is 1. The number of hydrogen-bond donors (Lipinski definition) is 0. The highest BCUT2D eigenvalue weighted by Gasteiger charge is 2.39. The molecule has 3 rings (SSSR count). The Bertz CT molecular complexity index is 807. The Hall–Kier alpha value is -2.70. The largest absolute Gasteiger partial charge is 0.618 e. The van der Waals surface area contributed by atoms with Crippen LogP contribution in [0.15, 0.2) is 42.5 Å². The fraction of sp³-hybridized carbons (Fsp3) is 0.0667. The van der Waals surface area contributed by atoms with Crippen LogP contribution in [0.5, 0.6) is 0 Å². The Morgan fingerprint density at radius 3 is 2.18 bits per heavy atom. The minimum absolute atomic E-state index is 0.00333. The number of hydrogen-bond acceptors (Lipinski definition) is 2. The highest BCUT2D eigenvalue weighted by atomic mass is 19.4. The maximum Gasteiger partial charge on any atom is 0.416 e. The maximum atomic E-state index is 13.7. The summed E-state index contributed by atoms with van der Waals surface area (Å²) in [4.78, 5) is 12.2. The molecule has 0 N–H and O–H groups in total. The molecule has 1 heterocycles. The summed E-state index contributed by atoms with van der Waals surface area (Å²) in [6, 6.07) is 7.17. The molecule has 0 saturated heterocycles. The van der Waals surface area contributed by atoms with Crippen molar-refractivity contribution < 1.29 is 27.1 Å². The quantitative estimate of drug-likeness (QED) is 0.458. The van der Waals surface area contributed by atoms with E-state index in [-0.39, 0.29) is 21.6 Å². The predicted octanol–water partition coefficient (Wildman–Crippen LogP) is 3.67. The van der Waals surface area contributed by atoms with Gasteiger partial charge >= 0.3 is 6.18 Å². The van der Waals surface area contributed by atoms with E-state index < -0.39 is 29.1 Å². The van der Waals surface area contributed by atoms with Crippen LogP contribution in [0.25, 0.3) is 0 Å². The molecule has 1 aliphatic rings. The van der Waals surface area contributed by atoms with Crippen molar-refractivity contribution in [2.75, 3.05) is 0 Å². The fourth-order valence-corrected chi connectivity index (χ4v) is 2.30. The van der Waals surface area contributed by atoms with Crippen LogP contribution in [0.3, 0.4) is 0 Å². The monoisotopic (exact) mass is 309 g/mol. The Kier molecular flexibility index (Phi) is 3.01. The number of ketones is 1. The number of benzene rings is 2. The number of carbonyl (C=O) groups is 1. The number of fused-ring (bicyclic) bond motifs is 1. The van der Waals surface area contributed by atoms with E-state index in [9.17, 15) is 27.6 Å². The molecule has 0 fully saturated rings. The first-order valence-corrected chi connectivity index (χ1v) is 6.16. The highest BCUT2D eigenvalue weighted by molar-refractivity contribution is 6.52. The van der Waals surface area contributed by atoms with Gasteiger partial charge < -0.3 is 5.21 Å². The predicted molar refractivity (Wildman–Crippen MR) is 69.6 cm³/mol. The standard InChI is InChI=1S/C15H7F4NO2/c16-10-2-1-3-11-12(10)14(21)13(20(11)22)8-4-6-9(7-5-8)15(17,18)19/h1-7H. The van der Waals surface area contributed by atoms with E-state index >= 15 is 0 Å². The van der Waals surface area contributed by atoms with Crippen LogP contribution < -0.4 is 0 Å². The lowest BCUT2D eigenvalue weighted by molar-refractivity contribution is -0.355. The van der Waals surface area contributed by atoms with Gasteiger partial charge in [-0.25, -0.2) is 4.39 Å². The van der Waals surface area contributed by atoms with Gasteiger partial charge in [-0.1, -0.05) is 6.07 Å². The Balaban J connectivity index is 2.09. The topological polar surface area (TPSA) is 43.1 Å². The Labute approximate surface area is 121 Å². The van der Waals surface area contributed by atoms with E-state index in [1.165, 1.54) is 12.1 Å². The third-order valence-corrected chi connectivity index (χ3v) is 3.34. The molecule has 22 heavy (non-hydrogen) atoms. The summed E-state index contributed by atoms with van der Waals surface area (Å²) < 4.78 is 51.5. The molecule has 2 aromatic rings. The van der Waals surface area contributed by atoms with Crippen LogP contribution in [0, 0.1) is 11.0 Å². The summed E-state index contributed by atoms with van der Waals surface area (Å²) in [6.45, 7) is 0. The molecule has 0 radical (unpaired) electrons. The van der Waals surface area contributed by atoms with Crippen molar-refractivity contribution in [3.63, 3.8) is 0 Å². The van der Waals surface area contributed by atoms with Gasteiger partial charge in [-0.15, -0.1) is 0 Å². The fourth-order valence-electron chi connectivity index (χ4n) is 2.30. The zero-order valence-corrected chi connectivity index (χ0v) is 10.8. The smallest absolute Gasteiger partial charge is 0.416 e. The van der Waals surface area contributed by atoms with Gasteiger partial charge in [-0.05, 0) is 30.3 Å². The molecule has 1 aliphatic heterocycles. The van der Waals surface area contributed by atoms with Gasteiger partial charge in [0.15, 0.2) is 0 Å². The van der Waals surface area contributed by atoms with Crippen LogP contribution in [0.1, 0.15) is 21.5 Å². The molecule has 0 aromatic heterocycles. The molecule has 0 amide bonds. The van der Waals surface area contributed by atoms with Crippen molar-refractivity contribution in [3.05, 3.63) is 70.2 Å². The van der Waals surface area contributed by atoms with Gasteiger partial charge in [0, 0.05) is 6.07 Å². The van der Waals surface area contributed by atoms with Crippen LogP contribution >= 0.6 is 0 Å². The van der Waals surface area contributed by atoms with Crippen LogP contribution in [0.2, 0.25) is 0 Å². The number of rotatable bonds is 1. The number of alkyl halides is 3. The highest BCUT2D eigenvalue weighted by Crippen LogP contribution is 2.32. The van der Waals surface area contributed by atoms with Crippen LogP contribution in [-0.2, 0) is 6.18 Å². The molecule has 0 atom stereocenters. The van der Waals surface area contributed by atoms with Crippen molar-refractivity contribution in [1.29, 1.82) is 0 Å². The lowest BCUT2D eigenvalue weighted by atomic mass is 10.0. The molecule has 0 saturated carbocycles. The Morgan fingerprint density at radius 1 is 1.00 bits per heavy atom. The van der Waals surface area contributed by atoms with Gasteiger partial charge in [0.1, 0.15) is 11.4 Å². The van der Waals surface area contributed by atoms with Gasteiger partial charge in [0.2, 0.25) is 5.69 Å². The normalized spacial score (nSPS) is 14.5. The molecule has 112 valence electrons. The molecule has 0 spiro atoms. The molecular weight excluding hydrogens is 302 g/mol. The molecular formula is C15H7F4NO2. The summed E-state index contributed by atoms with van der Waals surface area (Å²) >= 11 is 0. The van der Waals surface area contributed by atoms with Crippen molar-refractivity contribution in [2.45, 2.75) is 6.18 Å². The third kappa shape index (κ3) is 2.05. The first-order valence-electron chi connectivity index (χ1n) is 6.16. The maximum absolute atomic E-state index is 13.7. The summed E-state index contributed by atoms with van der Waals surface area (Å²) in [5.41, 5.74) is -1.81. The Morgan fingerprint density at radius 2 is 1.64 bits per heavy atom. The minimum Gasteiger partial charge on any atom is -0.618 e. The van der Waals surface area contributed by atoms with Gasteiger partial charge in [0.05, 0.1) is 11.1 Å². The van der Waals surface area contributed by atoms with Crippen molar-refractivity contribution >= 4 is 17.2 Å². The molecule has 7 heteroatoms. The van der Waals surface area contributed by atoms with E-state index in [1.54, 1.807) is 0 Å². The van der Waals surface area contributed by atoms with E-state index in [4.69, 9.17) is 0 Å². The van der Waals surface area contributed by atoms with Crippen molar-refractivity contribution in [3.8, 4) is 0 Å². The third-order valence-electron chi connectivity index (χ3n) is 3.34. The first-order chi connectivity index (χ1) is 10.3. The lowest BCUT2D eigenvalue weighted by Gasteiger charge is -2.07.